The number of benzene rings is 1. The molecule has 0 saturated heterocycles. The third-order valence-electron chi connectivity index (χ3n) is 2.49. The van der Waals surface area contributed by atoms with Crippen LogP contribution in [0, 0.1) is 24.0 Å². The minimum Gasteiger partial charge on any atom is -0.326 e. The summed E-state index contributed by atoms with van der Waals surface area (Å²) >= 11 is 0. The molecule has 5 heteroatoms. The fraction of sp³-hybridized carbons (Fsp3) is 0.250. The van der Waals surface area contributed by atoms with E-state index in [4.69, 9.17) is 0 Å². The van der Waals surface area contributed by atoms with Gasteiger partial charge in [0.1, 0.15) is 0 Å². The Balaban J connectivity index is 3.51. The number of nitrogens with zero attached hydrogens (tertiary/aromatic N) is 1. The van der Waals surface area contributed by atoms with E-state index in [1.165, 1.54) is 13.0 Å². The normalized spacial score (nSPS) is 9.82. The number of rotatable bonds is 3. The molecule has 0 aliphatic rings. The Hall–Kier alpha value is -2.17. The van der Waals surface area contributed by atoms with Crippen LogP contribution in [-0.4, -0.2) is 10.8 Å². The number of aryl methyl sites for hydroxylation is 1. The number of carbonyl (C=O) groups excluding carboxylic acids is 1. The van der Waals surface area contributed by atoms with Crippen LogP contribution in [0.4, 0.5) is 11.4 Å². The molecule has 5 nitrogen and oxygen atoms in total. The van der Waals surface area contributed by atoms with Gasteiger partial charge in [0.05, 0.1) is 10.5 Å². The van der Waals surface area contributed by atoms with Crippen LogP contribution in [0.2, 0.25) is 0 Å². The summed E-state index contributed by atoms with van der Waals surface area (Å²) in [5.41, 5.74) is 2.20. The number of nitro groups is 1. The first kappa shape index (κ1) is 12.9. The summed E-state index contributed by atoms with van der Waals surface area (Å²) in [6.45, 7) is 8.32. The minimum absolute atomic E-state index is 0.0339. The molecule has 0 spiro atoms. The molecule has 90 valence electrons. The molecule has 0 fully saturated rings. The van der Waals surface area contributed by atoms with Crippen molar-refractivity contribution in [3.63, 3.8) is 0 Å². The molecule has 0 unspecified atom stereocenters. The molecule has 0 atom stereocenters. The van der Waals surface area contributed by atoms with Crippen molar-refractivity contribution < 1.29 is 9.72 Å². The molecule has 0 heterocycles. The van der Waals surface area contributed by atoms with Gasteiger partial charge in [-0.1, -0.05) is 12.7 Å². The SMILES string of the molecule is C=Cc1c(C)c(NC(C)=O)cc(C)c1[N+](=O)[O-]. The van der Waals surface area contributed by atoms with Crippen molar-refractivity contribution in [2.24, 2.45) is 0 Å². The Bertz CT molecular complexity index is 507. The fourth-order valence-electron chi connectivity index (χ4n) is 1.74. The summed E-state index contributed by atoms with van der Waals surface area (Å²) in [4.78, 5) is 21.5. The van der Waals surface area contributed by atoms with Gasteiger partial charge >= 0.3 is 0 Å². The molecular weight excluding hydrogens is 220 g/mol. The second kappa shape index (κ2) is 4.78. The van der Waals surface area contributed by atoms with Crippen molar-refractivity contribution in [2.45, 2.75) is 20.8 Å². The number of hydrogen-bond acceptors (Lipinski definition) is 3. The maximum absolute atomic E-state index is 11.0. The van der Waals surface area contributed by atoms with Gasteiger partial charge in [-0.3, -0.25) is 14.9 Å². The van der Waals surface area contributed by atoms with E-state index in [1.54, 1.807) is 19.9 Å². The van der Waals surface area contributed by atoms with Crippen LogP contribution >= 0.6 is 0 Å². The van der Waals surface area contributed by atoms with Crippen molar-refractivity contribution in [1.82, 2.24) is 0 Å². The van der Waals surface area contributed by atoms with Crippen LogP contribution in [0.25, 0.3) is 6.08 Å². The molecule has 1 amide bonds. The molecule has 1 N–H and O–H groups in total. The smallest absolute Gasteiger partial charge is 0.279 e. The number of carbonyl (C=O) groups is 1. The highest BCUT2D eigenvalue weighted by atomic mass is 16.6. The zero-order valence-electron chi connectivity index (χ0n) is 10.0. The van der Waals surface area contributed by atoms with E-state index in [-0.39, 0.29) is 11.6 Å². The van der Waals surface area contributed by atoms with Crippen molar-refractivity contribution >= 4 is 23.4 Å². The van der Waals surface area contributed by atoms with E-state index in [0.29, 0.717) is 22.4 Å². The van der Waals surface area contributed by atoms with Crippen LogP contribution < -0.4 is 5.32 Å². The molecule has 0 aliphatic carbocycles. The van der Waals surface area contributed by atoms with Gasteiger partial charge in [-0.05, 0) is 25.5 Å². The predicted octanol–water partition coefficient (Wildman–Crippen LogP) is 2.81. The molecule has 1 aromatic carbocycles. The molecule has 1 aromatic rings. The third kappa shape index (κ3) is 2.50. The lowest BCUT2D eigenvalue weighted by Crippen LogP contribution is -2.09. The molecule has 0 bridgehead atoms. The first-order chi connectivity index (χ1) is 7.88. The van der Waals surface area contributed by atoms with E-state index >= 15 is 0 Å². The molecule has 0 aliphatic heterocycles. The number of amides is 1. The van der Waals surface area contributed by atoms with Crippen LogP contribution in [0.3, 0.4) is 0 Å². The van der Waals surface area contributed by atoms with Gasteiger partial charge < -0.3 is 5.32 Å². The molecular formula is C12H14N2O3. The van der Waals surface area contributed by atoms with Crippen LogP contribution in [0.15, 0.2) is 12.6 Å². The molecule has 0 saturated carbocycles. The highest BCUT2D eigenvalue weighted by molar-refractivity contribution is 5.91. The van der Waals surface area contributed by atoms with E-state index < -0.39 is 4.92 Å². The maximum Gasteiger partial charge on any atom is 0.279 e. The summed E-state index contributed by atoms with van der Waals surface area (Å²) in [5.74, 6) is -0.212. The Morgan fingerprint density at radius 3 is 2.53 bits per heavy atom. The van der Waals surface area contributed by atoms with E-state index in [0.717, 1.165) is 0 Å². The quantitative estimate of drug-likeness (QED) is 0.645. The van der Waals surface area contributed by atoms with Gasteiger partial charge in [0.2, 0.25) is 5.91 Å². The summed E-state index contributed by atoms with van der Waals surface area (Å²) < 4.78 is 0. The highest BCUT2D eigenvalue weighted by Gasteiger charge is 2.20. The van der Waals surface area contributed by atoms with E-state index in [1.807, 2.05) is 0 Å². The Morgan fingerprint density at radius 2 is 2.12 bits per heavy atom. The van der Waals surface area contributed by atoms with Crippen LogP contribution in [0.5, 0.6) is 0 Å². The third-order valence-corrected chi connectivity index (χ3v) is 2.49. The topological polar surface area (TPSA) is 72.2 Å². The first-order valence-electron chi connectivity index (χ1n) is 5.07. The van der Waals surface area contributed by atoms with Gasteiger partial charge in [-0.25, -0.2) is 0 Å². The number of hydrogen-bond donors (Lipinski definition) is 1. The summed E-state index contributed by atoms with van der Waals surface area (Å²) in [6.07, 6.45) is 1.44. The zero-order chi connectivity index (χ0) is 13.2. The summed E-state index contributed by atoms with van der Waals surface area (Å²) in [7, 11) is 0. The lowest BCUT2D eigenvalue weighted by atomic mass is 10.00. The van der Waals surface area contributed by atoms with Gasteiger partial charge in [-0.2, -0.15) is 0 Å². The van der Waals surface area contributed by atoms with Crippen molar-refractivity contribution in [2.75, 3.05) is 5.32 Å². The second-order valence-corrected chi connectivity index (χ2v) is 3.77. The number of nitro benzene ring substituents is 1. The monoisotopic (exact) mass is 234 g/mol. The van der Waals surface area contributed by atoms with Crippen molar-refractivity contribution in [1.29, 1.82) is 0 Å². The zero-order valence-corrected chi connectivity index (χ0v) is 10.0. The molecule has 17 heavy (non-hydrogen) atoms. The van der Waals surface area contributed by atoms with Crippen molar-refractivity contribution in [3.05, 3.63) is 39.4 Å². The van der Waals surface area contributed by atoms with Gasteiger partial charge in [-0.15, -0.1) is 0 Å². The molecule has 0 aromatic heterocycles. The standard InChI is InChI=1S/C12H14N2O3/c1-5-10-8(3)11(13-9(4)15)6-7(2)12(10)14(16)17/h5-6H,1H2,2-4H3,(H,13,15). The minimum atomic E-state index is -0.434. The van der Waals surface area contributed by atoms with E-state index in [9.17, 15) is 14.9 Å². The predicted molar refractivity (Wildman–Crippen MR) is 67.0 cm³/mol. The van der Waals surface area contributed by atoms with Crippen molar-refractivity contribution in [3.8, 4) is 0 Å². The van der Waals surface area contributed by atoms with Gasteiger partial charge in [0.25, 0.3) is 5.69 Å². The average Bonchev–Trinajstić information content (AvgIpc) is 2.20. The van der Waals surface area contributed by atoms with Crippen LogP contribution in [-0.2, 0) is 4.79 Å². The van der Waals surface area contributed by atoms with Crippen LogP contribution in [0.1, 0.15) is 23.6 Å². The van der Waals surface area contributed by atoms with Gasteiger partial charge in [0, 0.05) is 18.2 Å². The maximum atomic E-state index is 11.0. The summed E-state index contributed by atoms with van der Waals surface area (Å²) in [6, 6.07) is 1.60. The lowest BCUT2D eigenvalue weighted by Gasteiger charge is -2.11. The Labute approximate surface area is 99.3 Å². The highest BCUT2D eigenvalue weighted by Crippen LogP contribution is 2.32. The lowest BCUT2D eigenvalue weighted by molar-refractivity contribution is -0.385. The van der Waals surface area contributed by atoms with E-state index in [2.05, 4.69) is 11.9 Å². The fourth-order valence-corrected chi connectivity index (χ4v) is 1.74. The average molecular weight is 234 g/mol. The molecule has 0 radical (unpaired) electrons. The Kier molecular flexibility index (Phi) is 3.62. The Morgan fingerprint density at radius 1 is 1.53 bits per heavy atom. The second-order valence-electron chi connectivity index (χ2n) is 3.77. The largest absolute Gasteiger partial charge is 0.326 e. The van der Waals surface area contributed by atoms with Gasteiger partial charge in [0.15, 0.2) is 0 Å². The first-order valence-corrected chi connectivity index (χ1v) is 5.07. The summed E-state index contributed by atoms with van der Waals surface area (Å²) in [5, 5.41) is 13.6. The number of anilines is 1. The number of nitrogens with one attached hydrogen (secondary N) is 1. The molecule has 1 rings (SSSR count).